The molecule has 0 saturated heterocycles. The van der Waals surface area contributed by atoms with Crippen molar-refractivity contribution in [2.75, 3.05) is 14.2 Å². The Morgan fingerprint density at radius 3 is 2.56 bits per heavy atom. The highest BCUT2D eigenvalue weighted by Crippen LogP contribution is 2.25. The van der Waals surface area contributed by atoms with Crippen LogP contribution in [0.5, 0.6) is 0 Å². The SMILES string of the molecule is CCn1nc(C)c(Br)c1CC(NC)C(C)(C)OC. The van der Waals surface area contributed by atoms with Crippen LogP contribution >= 0.6 is 15.9 Å². The first-order chi connectivity index (χ1) is 8.37. The van der Waals surface area contributed by atoms with Gasteiger partial charge in [-0.2, -0.15) is 5.10 Å². The zero-order valence-corrected chi connectivity index (χ0v) is 13.8. The number of rotatable bonds is 6. The molecule has 0 radical (unpaired) electrons. The smallest absolute Gasteiger partial charge is 0.0778 e. The molecule has 0 aromatic carbocycles. The minimum absolute atomic E-state index is 0.217. The molecule has 1 heterocycles. The van der Waals surface area contributed by atoms with Crippen LogP contribution in [0.3, 0.4) is 0 Å². The van der Waals surface area contributed by atoms with Crippen LogP contribution in [0.2, 0.25) is 0 Å². The molecule has 104 valence electrons. The number of aromatic nitrogens is 2. The molecule has 1 aromatic heterocycles. The van der Waals surface area contributed by atoms with Crippen LogP contribution in [0.1, 0.15) is 32.2 Å². The summed E-state index contributed by atoms with van der Waals surface area (Å²) in [7, 11) is 3.72. The molecule has 1 N–H and O–H groups in total. The molecule has 4 nitrogen and oxygen atoms in total. The molecular formula is C13H24BrN3O. The van der Waals surface area contributed by atoms with E-state index in [1.807, 2.05) is 14.0 Å². The Hall–Kier alpha value is -0.390. The van der Waals surface area contributed by atoms with Gasteiger partial charge in [-0.3, -0.25) is 4.68 Å². The summed E-state index contributed by atoms with van der Waals surface area (Å²) >= 11 is 3.64. The topological polar surface area (TPSA) is 39.1 Å². The van der Waals surface area contributed by atoms with Gasteiger partial charge < -0.3 is 10.1 Å². The van der Waals surface area contributed by atoms with Gasteiger partial charge in [0.05, 0.1) is 21.5 Å². The Bertz CT molecular complexity index is 401. The van der Waals surface area contributed by atoms with Gasteiger partial charge in [-0.1, -0.05) is 0 Å². The predicted molar refractivity (Wildman–Crippen MR) is 78.0 cm³/mol. The van der Waals surface area contributed by atoms with E-state index in [1.54, 1.807) is 7.11 Å². The van der Waals surface area contributed by atoms with Crippen LogP contribution in [-0.2, 0) is 17.7 Å². The van der Waals surface area contributed by atoms with Crippen LogP contribution in [0, 0.1) is 6.92 Å². The van der Waals surface area contributed by atoms with Crippen molar-refractivity contribution in [1.82, 2.24) is 15.1 Å². The number of hydrogen-bond acceptors (Lipinski definition) is 3. The number of nitrogens with zero attached hydrogens (tertiary/aromatic N) is 2. The van der Waals surface area contributed by atoms with Crippen molar-refractivity contribution in [1.29, 1.82) is 0 Å². The molecule has 0 fully saturated rings. The molecule has 0 aliphatic carbocycles. The van der Waals surface area contributed by atoms with Gasteiger partial charge in [-0.05, 0) is 50.7 Å². The van der Waals surface area contributed by atoms with Crippen molar-refractivity contribution in [2.45, 2.75) is 52.3 Å². The minimum atomic E-state index is -0.217. The van der Waals surface area contributed by atoms with Gasteiger partial charge in [0.25, 0.3) is 0 Å². The Labute approximate surface area is 118 Å². The predicted octanol–water partition coefficient (Wildman–Crippen LogP) is 2.53. The van der Waals surface area contributed by atoms with Gasteiger partial charge in [0.15, 0.2) is 0 Å². The second-order valence-corrected chi connectivity index (χ2v) is 5.81. The number of likely N-dealkylation sites (N-methyl/N-ethyl adjacent to an activating group) is 1. The average Bonchev–Trinajstić information content (AvgIpc) is 2.62. The first-order valence-electron chi connectivity index (χ1n) is 6.31. The first kappa shape index (κ1) is 15.7. The highest BCUT2D eigenvalue weighted by molar-refractivity contribution is 9.10. The lowest BCUT2D eigenvalue weighted by Gasteiger charge is -2.33. The Morgan fingerprint density at radius 1 is 1.50 bits per heavy atom. The van der Waals surface area contributed by atoms with Gasteiger partial charge in [-0.25, -0.2) is 0 Å². The van der Waals surface area contributed by atoms with Crippen molar-refractivity contribution in [2.24, 2.45) is 0 Å². The van der Waals surface area contributed by atoms with Crippen LogP contribution < -0.4 is 5.32 Å². The zero-order chi connectivity index (χ0) is 13.9. The van der Waals surface area contributed by atoms with Gasteiger partial charge >= 0.3 is 0 Å². The third-order valence-electron chi connectivity index (χ3n) is 3.56. The fourth-order valence-corrected chi connectivity index (χ4v) is 2.54. The fourth-order valence-electron chi connectivity index (χ4n) is 2.10. The number of ether oxygens (including phenoxy) is 1. The highest BCUT2D eigenvalue weighted by atomic mass is 79.9. The summed E-state index contributed by atoms with van der Waals surface area (Å²) in [5.41, 5.74) is 2.04. The van der Waals surface area contributed by atoms with Gasteiger partial charge in [0.1, 0.15) is 0 Å². The maximum Gasteiger partial charge on any atom is 0.0778 e. The lowest BCUT2D eigenvalue weighted by atomic mass is 9.94. The van der Waals surface area contributed by atoms with Crippen LogP contribution in [0.4, 0.5) is 0 Å². The second-order valence-electron chi connectivity index (χ2n) is 5.01. The van der Waals surface area contributed by atoms with Gasteiger partial charge in [0, 0.05) is 26.1 Å². The molecule has 1 rings (SSSR count). The molecule has 1 aromatic rings. The van der Waals surface area contributed by atoms with E-state index in [9.17, 15) is 0 Å². The van der Waals surface area contributed by atoms with Crippen molar-refractivity contribution in [3.63, 3.8) is 0 Å². The monoisotopic (exact) mass is 317 g/mol. The molecule has 18 heavy (non-hydrogen) atoms. The quantitative estimate of drug-likeness (QED) is 0.876. The molecule has 0 amide bonds. The third kappa shape index (κ3) is 3.13. The number of nitrogens with one attached hydrogen (secondary N) is 1. The van der Waals surface area contributed by atoms with Crippen molar-refractivity contribution < 1.29 is 4.74 Å². The normalized spacial score (nSPS) is 13.9. The minimum Gasteiger partial charge on any atom is -0.377 e. The van der Waals surface area contributed by atoms with Crippen LogP contribution in [-0.4, -0.2) is 35.6 Å². The molecule has 1 atom stereocenters. The summed E-state index contributed by atoms with van der Waals surface area (Å²) in [4.78, 5) is 0. The molecule has 5 heteroatoms. The largest absolute Gasteiger partial charge is 0.377 e. The molecule has 0 bridgehead atoms. The van der Waals surface area contributed by atoms with Gasteiger partial charge in [0.2, 0.25) is 0 Å². The number of hydrogen-bond donors (Lipinski definition) is 1. The van der Waals surface area contributed by atoms with E-state index in [0.29, 0.717) is 0 Å². The van der Waals surface area contributed by atoms with Crippen molar-refractivity contribution in [3.8, 4) is 0 Å². The Balaban J connectivity index is 3.02. The van der Waals surface area contributed by atoms with E-state index in [1.165, 1.54) is 5.69 Å². The average molecular weight is 318 g/mol. The summed E-state index contributed by atoms with van der Waals surface area (Å²) in [5, 5.41) is 7.87. The lowest BCUT2D eigenvalue weighted by molar-refractivity contribution is -0.00850. The van der Waals surface area contributed by atoms with E-state index in [0.717, 1.165) is 23.1 Å². The van der Waals surface area contributed by atoms with Crippen LogP contribution in [0.25, 0.3) is 0 Å². The number of methoxy groups -OCH3 is 1. The van der Waals surface area contributed by atoms with E-state index in [2.05, 4.69) is 51.8 Å². The van der Waals surface area contributed by atoms with Crippen molar-refractivity contribution in [3.05, 3.63) is 15.9 Å². The standard InChI is InChI=1S/C13H24BrN3O/c1-7-17-10(12(14)9(2)16-17)8-11(15-5)13(3,4)18-6/h11,15H,7-8H2,1-6H3. The summed E-state index contributed by atoms with van der Waals surface area (Å²) in [6.45, 7) is 9.21. The maximum absolute atomic E-state index is 5.58. The molecule has 0 saturated carbocycles. The lowest BCUT2D eigenvalue weighted by Crippen LogP contribution is -2.48. The van der Waals surface area contributed by atoms with Crippen LogP contribution in [0.15, 0.2) is 4.47 Å². The molecule has 0 spiro atoms. The van der Waals surface area contributed by atoms with Gasteiger partial charge in [-0.15, -0.1) is 0 Å². The summed E-state index contributed by atoms with van der Waals surface area (Å²) < 4.78 is 8.73. The summed E-state index contributed by atoms with van der Waals surface area (Å²) in [5.74, 6) is 0. The highest BCUT2D eigenvalue weighted by Gasteiger charge is 2.30. The molecule has 1 unspecified atom stereocenters. The van der Waals surface area contributed by atoms with E-state index in [-0.39, 0.29) is 11.6 Å². The number of halogens is 1. The van der Waals surface area contributed by atoms with E-state index in [4.69, 9.17) is 4.74 Å². The zero-order valence-electron chi connectivity index (χ0n) is 12.2. The maximum atomic E-state index is 5.58. The van der Waals surface area contributed by atoms with E-state index < -0.39 is 0 Å². The summed E-state index contributed by atoms with van der Waals surface area (Å²) in [6, 6.07) is 0.236. The Kier molecular flexibility index (Phi) is 5.37. The van der Waals surface area contributed by atoms with E-state index >= 15 is 0 Å². The van der Waals surface area contributed by atoms with Crippen molar-refractivity contribution >= 4 is 15.9 Å². The molecule has 0 aliphatic heterocycles. The third-order valence-corrected chi connectivity index (χ3v) is 4.60. The summed E-state index contributed by atoms with van der Waals surface area (Å²) in [6.07, 6.45) is 0.882. The molecule has 0 aliphatic rings. The Morgan fingerprint density at radius 2 is 2.11 bits per heavy atom. The second kappa shape index (κ2) is 6.17. The fraction of sp³-hybridized carbons (Fsp3) is 0.769. The number of aryl methyl sites for hydroxylation is 2. The first-order valence-corrected chi connectivity index (χ1v) is 7.10. The molecular weight excluding hydrogens is 294 g/mol.